The normalized spacial score (nSPS) is 20.0. The van der Waals surface area contributed by atoms with Gasteiger partial charge in [0.15, 0.2) is 0 Å². The predicted molar refractivity (Wildman–Crippen MR) is 43.6 cm³/mol. The molecule has 0 aliphatic heterocycles. The van der Waals surface area contributed by atoms with Gasteiger partial charge in [-0.3, -0.25) is 0 Å². The average molecular weight is 128 g/mol. The monoisotopic (exact) mass is 128 g/mol. The van der Waals surface area contributed by atoms with Crippen molar-refractivity contribution in [2.75, 3.05) is 0 Å². The summed E-state index contributed by atoms with van der Waals surface area (Å²) in [5.41, 5.74) is 2.58. The first-order valence-corrected chi connectivity index (χ1v) is 3.40. The molecule has 10 heavy (non-hydrogen) atoms. The average Bonchev–Trinajstić information content (AvgIpc) is 2.30. The molecule has 0 amide bonds. The van der Waals surface area contributed by atoms with Gasteiger partial charge in [0.05, 0.1) is 0 Å². The molecule has 0 aromatic heterocycles. The van der Waals surface area contributed by atoms with Gasteiger partial charge in [-0.25, -0.2) is 0 Å². The van der Waals surface area contributed by atoms with Crippen molar-refractivity contribution in [1.29, 1.82) is 0 Å². The molecule has 48 valence electrons. The zero-order valence-electron chi connectivity index (χ0n) is 5.62. The number of fused-ring (bicyclic) bond motifs is 1. The van der Waals surface area contributed by atoms with E-state index in [1.807, 2.05) is 6.08 Å². The Kier molecular flexibility index (Phi) is 1.17. The molecule has 0 nitrogen and oxygen atoms in total. The van der Waals surface area contributed by atoms with E-state index in [-0.39, 0.29) is 0 Å². The van der Waals surface area contributed by atoms with Gasteiger partial charge in [-0.05, 0) is 17.2 Å². The second-order valence-electron chi connectivity index (χ2n) is 2.39. The van der Waals surface area contributed by atoms with Gasteiger partial charge in [-0.15, -0.1) is 0 Å². The fraction of sp³-hybridized carbons (Fsp3) is 0. The number of rotatable bonds is 0. The van der Waals surface area contributed by atoms with E-state index in [1.54, 1.807) is 0 Å². The summed E-state index contributed by atoms with van der Waals surface area (Å²) in [7, 11) is 0. The molecular weight excluding hydrogens is 120 g/mol. The Hall–Kier alpha value is -1.30. The minimum Gasteiger partial charge on any atom is -0.0622 e. The highest BCUT2D eigenvalue weighted by atomic mass is 14.0. The first-order valence-electron chi connectivity index (χ1n) is 3.40. The molecule has 0 spiro atoms. The van der Waals surface area contributed by atoms with Gasteiger partial charge in [-0.2, -0.15) is 0 Å². The summed E-state index contributed by atoms with van der Waals surface area (Å²) in [6, 6.07) is 0. The first-order chi connectivity index (χ1) is 4.95. The maximum absolute atomic E-state index is 2.17. The smallest absolute Gasteiger partial charge is 0.0251 e. The fourth-order valence-electron chi connectivity index (χ4n) is 1.09. The molecule has 2 aliphatic carbocycles. The van der Waals surface area contributed by atoms with Crippen LogP contribution in [-0.2, 0) is 0 Å². The molecule has 0 aromatic rings. The summed E-state index contributed by atoms with van der Waals surface area (Å²) in [4.78, 5) is 0. The van der Waals surface area contributed by atoms with Crippen LogP contribution >= 0.6 is 0 Å². The lowest BCUT2D eigenvalue weighted by molar-refractivity contribution is 1.68. The summed E-state index contributed by atoms with van der Waals surface area (Å²) in [5, 5.41) is 0. The van der Waals surface area contributed by atoms with E-state index in [0.29, 0.717) is 0 Å². The van der Waals surface area contributed by atoms with Crippen molar-refractivity contribution in [3.63, 3.8) is 0 Å². The van der Waals surface area contributed by atoms with E-state index in [2.05, 4.69) is 42.5 Å². The van der Waals surface area contributed by atoms with Crippen molar-refractivity contribution in [3.8, 4) is 0 Å². The maximum Gasteiger partial charge on any atom is -0.0251 e. The molecule has 0 fully saturated rings. The molecule has 2 bridgehead atoms. The van der Waals surface area contributed by atoms with Gasteiger partial charge in [0.25, 0.3) is 0 Å². The van der Waals surface area contributed by atoms with E-state index in [1.165, 1.54) is 11.1 Å². The molecule has 0 saturated carbocycles. The van der Waals surface area contributed by atoms with Crippen molar-refractivity contribution in [3.05, 3.63) is 59.8 Å². The summed E-state index contributed by atoms with van der Waals surface area (Å²) in [6.07, 6.45) is 16.8. The van der Waals surface area contributed by atoms with Crippen molar-refractivity contribution in [2.45, 2.75) is 0 Å². The number of hydrogen-bond donors (Lipinski definition) is 0. The molecule has 0 aromatic carbocycles. The van der Waals surface area contributed by atoms with Gasteiger partial charge < -0.3 is 0 Å². The third-order valence-electron chi connectivity index (χ3n) is 1.60. The third kappa shape index (κ3) is 0.883. The summed E-state index contributed by atoms with van der Waals surface area (Å²) >= 11 is 0. The summed E-state index contributed by atoms with van der Waals surface area (Å²) < 4.78 is 0. The lowest BCUT2D eigenvalue weighted by atomic mass is 10.2. The van der Waals surface area contributed by atoms with Crippen LogP contribution in [0.15, 0.2) is 59.8 Å². The molecule has 0 unspecified atom stereocenters. The number of hydrogen-bond acceptors (Lipinski definition) is 0. The third-order valence-corrected chi connectivity index (χ3v) is 1.60. The zero-order valence-corrected chi connectivity index (χ0v) is 5.62. The largest absolute Gasteiger partial charge is 0.0622 e. The number of allylic oxidation sites excluding steroid dienone is 10. The van der Waals surface area contributed by atoms with E-state index in [0.717, 1.165) is 0 Å². The van der Waals surface area contributed by atoms with Crippen molar-refractivity contribution in [2.24, 2.45) is 0 Å². The van der Waals surface area contributed by atoms with Gasteiger partial charge in [-0.1, -0.05) is 42.5 Å². The molecule has 0 saturated heterocycles. The van der Waals surface area contributed by atoms with Gasteiger partial charge in [0.2, 0.25) is 0 Å². The van der Waals surface area contributed by atoms with Crippen LogP contribution in [-0.4, -0.2) is 0 Å². The van der Waals surface area contributed by atoms with Crippen LogP contribution in [0.5, 0.6) is 0 Å². The minimum absolute atomic E-state index is 1.29. The Morgan fingerprint density at radius 3 is 2.60 bits per heavy atom. The lowest BCUT2D eigenvalue weighted by Crippen LogP contribution is -1.68. The van der Waals surface area contributed by atoms with Crippen LogP contribution in [0.2, 0.25) is 0 Å². The summed E-state index contributed by atoms with van der Waals surface area (Å²) in [5.74, 6) is 0. The molecular formula is C10H8. The Labute approximate surface area is 60.6 Å². The maximum atomic E-state index is 2.17. The second-order valence-corrected chi connectivity index (χ2v) is 2.39. The predicted octanol–water partition coefficient (Wildman–Crippen LogP) is 2.54. The van der Waals surface area contributed by atoms with E-state index in [4.69, 9.17) is 0 Å². The fourth-order valence-corrected chi connectivity index (χ4v) is 1.09. The van der Waals surface area contributed by atoms with Crippen molar-refractivity contribution >= 4 is 0 Å². The Morgan fingerprint density at radius 1 is 0.700 bits per heavy atom. The molecule has 2 aliphatic rings. The zero-order chi connectivity index (χ0) is 6.81. The van der Waals surface area contributed by atoms with Crippen LogP contribution in [0.25, 0.3) is 0 Å². The molecule has 0 radical (unpaired) electrons. The van der Waals surface area contributed by atoms with Gasteiger partial charge in [0.1, 0.15) is 0 Å². The van der Waals surface area contributed by atoms with Crippen molar-refractivity contribution < 1.29 is 0 Å². The van der Waals surface area contributed by atoms with Crippen LogP contribution in [0.3, 0.4) is 0 Å². The van der Waals surface area contributed by atoms with Crippen LogP contribution in [0.4, 0.5) is 0 Å². The standard InChI is InChI=1S/C10H8/c1-2-4-9-6-7-10(8-9)5-3-1/h1-8H. The first kappa shape index (κ1) is 5.48. The molecule has 0 heteroatoms. The lowest BCUT2D eigenvalue weighted by Gasteiger charge is -1.88. The molecule has 0 heterocycles. The quantitative estimate of drug-likeness (QED) is 0.470. The molecule has 0 N–H and O–H groups in total. The summed E-state index contributed by atoms with van der Waals surface area (Å²) in [6.45, 7) is 0. The highest BCUT2D eigenvalue weighted by molar-refractivity contribution is 5.53. The SMILES string of the molecule is C1=CC=C2C=CC(=C2)C=C1. The molecule has 2 rings (SSSR count). The Bertz CT molecular complexity index is 278. The van der Waals surface area contributed by atoms with Crippen LogP contribution in [0.1, 0.15) is 0 Å². The minimum atomic E-state index is 1.29. The van der Waals surface area contributed by atoms with E-state index < -0.39 is 0 Å². The Balaban J connectivity index is 2.49. The Morgan fingerprint density at radius 2 is 1.60 bits per heavy atom. The van der Waals surface area contributed by atoms with Crippen LogP contribution < -0.4 is 0 Å². The van der Waals surface area contributed by atoms with E-state index in [9.17, 15) is 0 Å². The highest BCUT2D eigenvalue weighted by Crippen LogP contribution is 2.17. The van der Waals surface area contributed by atoms with Crippen molar-refractivity contribution in [1.82, 2.24) is 0 Å². The van der Waals surface area contributed by atoms with Gasteiger partial charge in [0, 0.05) is 0 Å². The van der Waals surface area contributed by atoms with Gasteiger partial charge >= 0.3 is 0 Å². The highest BCUT2D eigenvalue weighted by Gasteiger charge is 1.97. The molecule has 0 atom stereocenters. The second kappa shape index (κ2) is 2.14. The van der Waals surface area contributed by atoms with E-state index >= 15 is 0 Å². The van der Waals surface area contributed by atoms with Crippen LogP contribution in [0, 0.1) is 0 Å². The topological polar surface area (TPSA) is 0 Å².